The molecule has 0 fully saturated rings. The van der Waals surface area contributed by atoms with E-state index in [0.29, 0.717) is 0 Å². The monoisotopic (exact) mass is 281 g/mol. The molecule has 0 saturated carbocycles. The van der Waals surface area contributed by atoms with E-state index in [1.807, 2.05) is 13.1 Å². The molecule has 1 aliphatic rings. The first-order valence-corrected chi connectivity index (χ1v) is 7.00. The van der Waals surface area contributed by atoms with Crippen molar-refractivity contribution in [3.63, 3.8) is 0 Å². The Morgan fingerprint density at radius 1 is 1.24 bits per heavy atom. The third kappa shape index (κ3) is 2.78. The molecule has 1 aromatic heterocycles. The first-order chi connectivity index (χ1) is 10.1. The minimum atomic E-state index is 0.285. The van der Waals surface area contributed by atoms with E-state index in [-0.39, 0.29) is 5.92 Å². The molecule has 3 rings (SSSR count). The van der Waals surface area contributed by atoms with Gasteiger partial charge in [0, 0.05) is 25.1 Å². The molecule has 108 valence electrons. The molecule has 5 nitrogen and oxygen atoms in total. The van der Waals surface area contributed by atoms with Gasteiger partial charge in [0.2, 0.25) is 0 Å². The van der Waals surface area contributed by atoms with Crippen LogP contribution in [0.15, 0.2) is 48.1 Å². The second kappa shape index (κ2) is 5.61. The third-order valence-electron chi connectivity index (χ3n) is 3.59. The van der Waals surface area contributed by atoms with Crippen LogP contribution in [0.4, 0.5) is 0 Å². The Labute approximate surface area is 124 Å². The fourth-order valence-corrected chi connectivity index (χ4v) is 2.68. The molecule has 0 amide bonds. The van der Waals surface area contributed by atoms with Crippen LogP contribution in [0.25, 0.3) is 11.4 Å². The molecule has 0 saturated heterocycles. The van der Waals surface area contributed by atoms with Gasteiger partial charge in [-0.1, -0.05) is 42.5 Å². The van der Waals surface area contributed by atoms with Crippen molar-refractivity contribution in [2.45, 2.75) is 5.92 Å². The van der Waals surface area contributed by atoms with Crippen molar-refractivity contribution < 1.29 is 0 Å². The number of allylic oxidation sites excluding steroid dienone is 2. The van der Waals surface area contributed by atoms with Crippen molar-refractivity contribution in [3.8, 4) is 11.4 Å². The number of hydrogen-bond acceptors (Lipinski definition) is 4. The van der Waals surface area contributed by atoms with Gasteiger partial charge in [0.25, 0.3) is 0 Å². The van der Waals surface area contributed by atoms with Gasteiger partial charge in [-0.2, -0.15) is 0 Å². The van der Waals surface area contributed by atoms with Crippen LogP contribution >= 0.6 is 0 Å². The fraction of sp³-hybridized carbons (Fsp3) is 0.312. The standard InChI is InChI=1S/C16H19N5/c1-20(2)11-12-8-9-13(10-12)14-6-4-5-7-15(14)16-17-18-19-21(16)3/h4-10,13H,11H2,1-3H3. The molecule has 1 heterocycles. The number of aromatic nitrogens is 4. The zero-order valence-corrected chi connectivity index (χ0v) is 12.6. The molecule has 5 heteroatoms. The molecule has 2 aromatic rings. The molecular formula is C16H19N5. The number of tetrazole rings is 1. The van der Waals surface area contributed by atoms with Gasteiger partial charge in [0.1, 0.15) is 0 Å². The molecule has 0 spiro atoms. The average Bonchev–Trinajstić information content (AvgIpc) is 3.07. The Morgan fingerprint density at radius 2 is 2.05 bits per heavy atom. The van der Waals surface area contributed by atoms with E-state index in [4.69, 9.17) is 0 Å². The third-order valence-corrected chi connectivity index (χ3v) is 3.59. The molecule has 0 bridgehead atoms. The van der Waals surface area contributed by atoms with Crippen LogP contribution in [0.2, 0.25) is 0 Å². The van der Waals surface area contributed by atoms with Crippen LogP contribution in [-0.4, -0.2) is 45.7 Å². The van der Waals surface area contributed by atoms with Gasteiger partial charge in [-0.3, -0.25) is 0 Å². The topological polar surface area (TPSA) is 46.8 Å². The summed E-state index contributed by atoms with van der Waals surface area (Å²) >= 11 is 0. The predicted molar refractivity (Wildman–Crippen MR) is 82.8 cm³/mol. The minimum Gasteiger partial charge on any atom is -0.305 e. The van der Waals surface area contributed by atoms with E-state index in [1.165, 1.54) is 11.1 Å². The smallest absolute Gasteiger partial charge is 0.182 e. The summed E-state index contributed by atoms with van der Waals surface area (Å²) in [6.07, 6.45) is 6.75. The first kappa shape index (κ1) is 13.7. The molecule has 1 aromatic carbocycles. The minimum absolute atomic E-state index is 0.285. The van der Waals surface area contributed by atoms with Crippen LogP contribution in [0.3, 0.4) is 0 Å². The average molecular weight is 281 g/mol. The van der Waals surface area contributed by atoms with Gasteiger partial charge >= 0.3 is 0 Å². The second-order valence-corrected chi connectivity index (χ2v) is 5.58. The first-order valence-electron chi connectivity index (χ1n) is 7.00. The summed E-state index contributed by atoms with van der Waals surface area (Å²) < 4.78 is 1.71. The molecule has 1 aliphatic carbocycles. The molecular weight excluding hydrogens is 262 g/mol. The Hall–Kier alpha value is -2.27. The van der Waals surface area contributed by atoms with Crippen molar-refractivity contribution in [2.75, 3.05) is 20.6 Å². The van der Waals surface area contributed by atoms with Crippen LogP contribution < -0.4 is 0 Å². The van der Waals surface area contributed by atoms with Crippen LogP contribution in [0.5, 0.6) is 0 Å². The van der Waals surface area contributed by atoms with Crippen LogP contribution in [-0.2, 0) is 7.05 Å². The predicted octanol–water partition coefficient (Wildman–Crippen LogP) is 2.02. The highest BCUT2D eigenvalue weighted by Crippen LogP contribution is 2.33. The SMILES string of the molecule is CN(C)CC1=CC(c2ccccc2-c2nnnn2C)C=C1. The Kier molecular flexibility index (Phi) is 3.66. The number of aryl methyl sites for hydroxylation is 1. The van der Waals surface area contributed by atoms with Crippen LogP contribution in [0.1, 0.15) is 11.5 Å². The largest absolute Gasteiger partial charge is 0.305 e. The Morgan fingerprint density at radius 3 is 2.76 bits per heavy atom. The Balaban J connectivity index is 1.96. The summed E-state index contributed by atoms with van der Waals surface area (Å²) in [5.74, 6) is 1.08. The van der Waals surface area contributed by atoms with Gasteiger partial charge in [-0.05, 0) is 35.7 Å². The summed E-state index contributed by atoms with van der Waals surface area (Å²) in [6, 6.07) is 8.31. The fourth-order valence-electron chi connectivity index (χ4n) is 2.68. The van der Waals surface area contributed by atoms with E-state index in [1.54, 1.807) is 4.68 Å². The van der Waals surface area contributed by atoms with Gasteiger partial charge < -0.3 is 4.90 Å². The van der Waals surface area contributed by atoms with Crippen molar-refractivity contribution in [1.82, 2.24) is 25.1 Å². The van der Waals surface area contributed by atoms with Crippen molar-refractivity contribution >= 4 is 0 Å². The van der Waals surface area contributed by atoms with E-state index in [0.717, 1.165) is 17.9 Å². The number of benzene rings is 1. The maximum absolute atomic E-state index is 4.13. The molecule has 21 heavy (non-hydrogen) atoms. The second-order valence-electron chi connectivity index (χ2n) is 5.58. The molecule has 1 unspecified atom stereocenters. The molecule has 0 aliphatic heterocycles. The van der Waals surface area contributed by atoms with Gasteiger partial charge in [0.15, 0.2) is 5.82 Å². The summed E-state index contributed by atoms with van der Waals surface area (Å²) in [6.45, 7) is 0.959. The molecule has 0 N–H and O–H groups in total. The zero-order valence-electron chi connectivity index (χ0n) is 12.6. The maximum atomic E-state index is 4.13. The highest BCUT2D eigenvalue weighted by atomic mass is 15.5. The Bertz CT molecular complexity index is 696. The highest BCUT2D eigenvalue weighted by Gasteiger charge is 2.18. The van der Waals surface area contributed by atoms with Gasteiger partial charge in [-0.15, -0.1) is 5.10 Å². The van der Waals surface area contributed by atoms with E-state index in [2.05, 4.69) is 70.9 Å². The summed E-state index contributed by atoms with van der Waals surface area (Å²) in [5.41, 5.74) is 3.67. The summed E-state index contributed by atoms with van der Waals surface area (Å²) in [5, 5.41) is 11.8. The maximum Gasteiger partial charge on any atom is 0.182 e. The summed E-state index contributed by atoms with van der Waals surface area (Å²) in [7, 11) is 6.03. The highest BCUT2D eigenvalue weighted by molar-refractivity contribution is 5.63. The zero-order chi connectivity index (χ0) is 14.8. The lowest BCUT2D eigenvalue weighted by Crippen LogP contribution is -2.13. The number of hydrogen-bond donors (Lipinski definition) is 0. The number of likely N-dealkylation sites (N-methyl/N-ethyl adjacent to an activating group) is 1. The van der Waals surface area contributed by atoms with Crippen LogP contribution in [0, 0.1) is 0 Å². The summed E-state index contributed by atoms with van der Waals surface area (Å²) in [4.78, 5) is 2.18. The van der Waals surface area contributed by atoms with E-state index < -0.39 is 0 Å². The number of nitrogens with zero attached hydrogens (tertiary/aromatic N) is 5. The lowest BCUT2D eigenvalue weighted by atomic mass is 9.94. The number of rotatable bonds is 4. The lowest BCUT2D eigenvalue weighted by molar-refractivity contribution is 0.449. The van der Waals surface area contributed by atoms with Crippen molar-refractivity contribution in [3.05, 3.63) is 53.6 Å². The normalized spacial score (nSPS) is 17.5. The van der Waals surface area contributed by atoms with Crippen molar-refractivity contribution in [1.29, 1.82) is 0 Å². The quantitative estimate of drug-likeness (QED) is 0.860. The van der Waals surface area contributed by atoms with Gasteiger partial charge in [-0.25, -0.2) is 4.68 Å². The van der Waals surface area contributed by atoms with Crippen molar-refractivity contribution in [2.24, 2.45) is 7.05 Å². The van der Waals surface area contributed by atoms with E-state index >= 15 is 0 Å². The molecule has 0 radical (unpaired) electrons. The van der Waals surface area contributed by atoms with E-state index in [9.17, 15) is 0 Å². The molecule has 1 atom stereocenters. The lowest BCUT2D eigenvalue weighted by Gasteiger charge is -2.12. The van der Waals surface area contributed by atoms with Gasteiger partial charge in [0.05, 0.1) is 0 Å².